The number of hydrogen-bond donors (Lipinski definition) is 2. The van der Waals surface area contributed by atoms with Crippen LogP contribution in [0.1, 0.15) is 21.7 Å². The number of amides is 1. The van der Waals surface area contributed by atoms with Crippen LogP contribution in [-0.2, 0) is 9.59 Å². The van der Waals surface area contributed by atoms with Crippen molar-refractivity contribution in [2.24, 2.45) is 5.73 Å². The largest absolute Gasteiger partial charge is 1.00 e. The summed E-state index contributed by atoms with van der Waals surface area (Å²) in [6, 6.07) is -0.710. The van der Waals surface area contributed by atoms with Crippen molar-refractivity contribution < 1.29 is 45.7 Å². The summed E-state index contributed by atoms with van der Waals surface area (Å²) in [5, 5.41) is 9.08. The normalized spacial score (nSPS) is 15.2. The van der Waals surface area contributed by atoms with Crippen LogP contribution in [0.25, 0.3) is 0 Å². The fourth-order valence-electron chi connectivity index (χ4n) is 1.20. The molecule has 3 N–H and O–H groups in total. The van der Waals surface area contributed by atoms with E-state index in [4.69, 9.17) is 10.8 Å². The van der Waals surface area contributed by atoms with Crippen LogP contribution in [0.4, 0.5) is 0 Å². The predicted octanol–water partition coefficient (Wildman–Crippen LogP) is -2.67. The number of rotatable bonds is 5. The summed E-state index contributed by atoms with van der Waals surface area (Å²) in [5.74, 6) is -1.47. The molecule has 0 spiro atoms. The Morgan fingerprint density at radius 2 is 2.12 bits per heavy atom. The van der Waals surface area contributed by atoms with Gasteiger partial charge in [0.25, 0.3) is 0 Å². The van der Waals surface area contributed by atoms with E-state index >= 15 is 0 Å². The molecule has 5 nitrogen and oxygen atoms in total. The first-order valence-corrected chi connectivity index (χ1v) is 4.65. The minimum atomic E-state index is -1.29. The first-order valence-electron chi connectivity index (χ1n) is 4.65. The summed E-state index contributed by atoms with van der Waals surface area (Å²) in [5.41, 5.74) is 4.13. The van der Waals surface area contributed by atoms with Gasteiger partial charge in [-0.3, -0.25) is 4.79 Å². The van der Waals surface area contributed by atoms with Crippen molar-refractivity contribution in [2.75, 3.05) is 7.05 Å². The molecule has 0 bridgehead atoms. The standard InChI is InChI=1S/C10H18N2O3.Na.H/c1-5-6-10(3,9(14)15)12(4)8(13)7(2)11;;/h5,7H,1,6,11H2,2-4H3,(H,14,15);;/q;+1;-1. The molecule has 0 aliphatic heterocycles. The molecule has 0 saturated carbocycles. The van der Waals surface area contributed by atoms with Gasteiger partial charge in [-0.25, -0.2) is 4.79 Å². The maximum Gasteiger partial charge on any atom is 1.00 e. The van der Waals surface area contributed by atoms with Crippen LogP contribution in [0.2, 0.25) is 0 Å². The average Bonchev–Trinajstić information content (AvgIpc) is 2.15. The average molecular weight is 238 g/mol. The first kappa shape index (κ1) is 18.0. The van der Waals surface area contributed by atoms with Crippen molar-refractivity contribution in [2.45, 2.75) is 31.8 Å². The van der Waals surface area contributed by atoms with E-state index in [1.807, 2.05) is 0 Å². The van der Waals surface area contributed by atoms with Crippen molar-refractivity contribution in [3.8, 4) is 0 Å². The molecular weight excluding hydrogens is 219 g/mol. The van der Waals surface area contributed by atoms with E-state index in [9.17, 15) is 9.59 Å². The van der Waals surface area contributed by atoms with Crippen LogP contribution in [-0.4, -0.2) is 40.5 Å². The van der Waals surface area contributed by atoms with Gasteiger partial charge in [-0.2, -0.15) is 0 Å². The van der Waals surface area contributed by atoms with Crippen LogP contribution in [0.5, 0.6) is 0 Å². The molecule has 0 fully saturated rings. The van der Waals surface area contributed by atoms with E-state index in [2.05, 4.69) is 6.58 Å². The number of carbonyl (C=O) groups is 2. The van der Waals surface area contributed by atoms with Gasteiger partial charge in [0.15, 0.2) is 0 Å². The summed E-state index contributed by atoms with van der Waals surface area (Å²) >= 11 is 0. The van der Waals surface area contributed by atoms with Gasteiger partial charge in [0.1, 0.15) is 5.54 Å². The minimum Gasteiger partial charge on any atom is -1.00 e. The summed E-state index contributed by atoms with van der Waals surface area (Å²) < 4.78 is 0. The van der Waals surface area contributed by atoms with Gasteiger partial charge in [-0.15, -0.1) is 6.58 Å². The molecule has 0 aliphatic carbocycles. The fourth-order valence-corrected chi connectivity index (χ4v) is 1.20. The third-order valence-corrected chi connectivity index (χ3v) is 2.46. The van der Waals surface area contributed by atoms with Gasteiger partial charge in [0.05, 0.1) is 6.04 Å². The Morgan fingerprint density at radius 3 is 2.38 bits per heavy atom. The molecule has 0 aromatic heterocycles. The van der Waals surface area contributed by atoms with Crippen molar-refractivity contribution in [1.29, 1.82) is 0 Å². The van der Waals surface area contributed by atoms with E-state index in [0.717, 1.165) is 4.90 Å². The Balaban J connectivity index is -0.000000980. The number of carboxylic acids is 1. The number of carboxylic acid groups (broad SMARTS) is 1. The SMILES string of the molecule is C=CCC(C)(C(=O)O)N(C)C(=O)C(C)N.[H-].[Na+]. The number of carbonyl (C=O) groups excluding carboxylic acids is 1. The zero-order valence-corrected chi connectivity index (χ0v) is 12.4. The van der Waals surface area contributed by atoms with E-state index in [1.165, 1.54) is 27.0 Å². The van der Waals surface area contributed by atoms with Gasteiger partial charge in [-0.1, -0.05) is 6.08 Å². The van der Waals surface area contributed by atoms with Crippen molar-refractivity contribution >= 4 is 11.9 Å². The molecule has 0 radical (unpaired) electrons. The molecule has 1 amide bonds. The molecule has 0 aromatic carbocycles. The second kappa shape index (κ2) is 7.06. The third kappa shape index (κ3) is 3.90. The summed E-state index contributed by atoms with van der Waals surface area (Å²) in [4.78, 5) is 23.8. The van der Waals surface area contributed by atoms with Gasteiger partial charge >= 0.3 is 35.5 Å². The number of aliphatic carboxylic acids is 1. The summed E-state index contributed by atoms with van der Waals surface area (Å²) in [6.07, 6.45) is 1.65. The quantitative estimate of drug-likeness (QED) is 0.404. The van der Waals surface area contributed by atoms with Crippen LogP contribution in [0.3, 0.4) is 0 Å². The van der Waals surface area contributed by atoms with E-state index in [0.29, 0.717) is 0 Å². The molecule has 16 heavy (non-hydrogen) atoms. The molecule has 0 aliphatic rings. The van der Waals surface area contributed by atoms with Crippen molar-refractivity contribution in [3.63, 3.8) is 0 Å². The number of nitrogens with zero attached hydrogens (tertiary/aromatic N) is 1. The van der Waals surface area contributed by atoms with Gasteiger partial charge in [-0.05, 0) is 20.3 Å². The van der Waals surface area contributed by atoms with Crippen molar-refractivity contribution in [3.05, 3.63) is 12.7 Å². The Kier molecular flexibility index (Phi) is 7.95. The van der Waals surface area contributed by atoms with Gasteiger partial charge < -0.3 is 17.2 Å². The zero-order valence-electron chi connectivity index (χ0n) is 11.4. The van der Waals surface area contributed by atoms with Gasteiger partial charge in [0.2, 0.25) is 5.91 Å². The third-order valence-electron chi connectivity index (χ3n) is 2.46. The Labute approximate surface area is 119 Å². The number of hydrogen-bond acceptors (Lipinski definition) is 3. The molecular formula is C10H19N2NaO3. The molecule has 0 rings (SSSR count). The monoisotopic (exact) mass is 238 g/mol. The van der Waals surface area contributed by atoms with Crippen molar-refractivity contribution in [1.82, 2.24) is 4.90 Å². The molecule has 6 heteroatoms. The molecule has 0 saturated heterocycles. The van der Waals surface area contributed by atoms with E-state index in [-0.39, 0.29) is 37.4 Å². The summed E-state index contributed by atoms with van der Waals surface area (Å²) in [7, 11) is 1.43. The predicted molar refractivity (Wildman–Crippen MR) is 58.4 cm³/mol. The Hall–Kier alpha value is -0.360. The number of nitrogens with two attached hydrogens (primary N) is 1. The van der Waals surface area contributed by atoms with E-state index in [1.54, 1.807) is 0 Å². The topological polar surface area (TPSA) is 83.6 Å². The summed E-state index contributed by atoms with van der Waals surface area (Å²) in [6.45, 7) is 6.47. The van der Waals surface area contributed by atoms with Gasteiger partial charge in [0, 0.05) is 7.05 Å². The fraction of sp³-hybridized carbons (Fsp3) is 0.600. The Morgan fingerprint density at radius 1 is 1.69 bits per heavy atom. The Bertz CT molecular complexity index is 287. The van der Waals surface area contributed by atoms with Crippen LogP contribution in [0, 0.1) is 0 Å². The molecule has 0 heterocycles. The molecule has 2 atom stereocenters. The number of likely N-dealkylation sites (N-methyl/N-ethyl adjacent to an activating group) is 1. The zero-order chi connectivity index (χ0) is 12.2. The first-order chi connectivity index (χ1) is 6.77. The minimum absolute atomic E-state index is 0. The molecule has 2 unspecified atom stereocenters. The molecule has 0 aromatic rings. The second-order valence-corrected chi connectivity index (χ2v) is 3.76. The smallest absolute Gasteiger partial charge is 1.00 e. The van der Waals surface area contributed by atoms with Crippen LogP contribution in [0.15, 0.2) is 12.7 Å². The van der Waals surface area contributed by atoms with Crippen LogP contribution < -0.4 is 35.3 Å². The maximum absolute atomic E-state index is 11.6. The van der Waals surface area contributed by atoms with Crippen LogP contribution >= 0.6 is 0 Å². The second-order valence-electron chi connectivity index (χ2n) is 3.76. The molecule has 88 valence electrons. The van der Waals surface area contributed by atoms with E-state index < -0.39 is 23.5 Å². The maximum atomic E-state index is 11.6.